The zero-order valence-corrected chi connectivity index (χ0v) is 16.0. The molecule has 1 heterocycles. The van der Waals surface area contributed by atoms with Gasteiger partial charge in [0.25, 0.3) is 0 Å². The Labute approximate surface area is 158 Å². The number of carbonyl (C=O) groups is 2. The lowest BCUT2D eigenvalue weighted by atomic mass is 10.2. The third-order valence-electron chi connectivity index (χ3n) is 4.99. The van der Waals surface area contributed by atoms with Crippen LogP contribution in [0.25, 0.3) is 0 Å². The van der Waals surface area contributed by atoms with Crippen molar-refractivity contribution in [2.45, 2.75) is 6.42 Å². The smallest absolute Gasteiger partial charge is 0.228 e. The average Bonchev–Trinajstić information content (AvgIpc) is 3.43. The number of benzene rings is 1. The molecule has 1 saturated carbocycles. The number of ether oxygens (including phenoxy) is 2. The summed E-state index contributed by atoms with van der Waals surface area (Å²) < 4.78 is 10.5. The quantitative estimate of drug-likeness (QED) is 0.840. The number of methoxy groups -OCH3 is 2. The van der Waals surface area contributed by atoms with Crippen molar-refractivity contribution in [2.75, 3.05) is 52.8 Å². The van der Waals surface area contributed by atoms with Crippen molar-refractivity contribution in [2.24, 2.45) is 11.8 Å². The Morgan fingerprint density at radius 2 is 1.73 bits per heavy atom. The second-order valence-corrected chi connectivity index (χ2v) is 7.16. The number of nitrogens with zero attached hydrogens (tertiary/aromatic N) is 2. The molecule has 2 atom stereocenters. The van der Waals surface area contributed by atoms with Crippen molar-refractivity contribution in [1.82, 2.24) is 9.80 Å². The Morgan fingerprint density at radius 3 is 2.35 bits per heavy atom. The summed E-state index contributed by atoms with van der Waals surface area (Å²) in [6.45, 7) is 3.19. The van der Waals surface area contributed by atoms with Crippen molar-refractivity contribution in [3.05, 3.63) is 17.2 Å². The predicted octanol–water partition coefficient (Wildman–Crippen LogP) is 1.71. The van der Waals surface area contributed by atoms with E-state index in [1.165, 1.54) is 14.2 Å². The molecule has 3 rings (SSSR count). The van der Waals surface area contributed by atoms with Crippen molar-refractivity contribution >= 4 is 29.1 Å². The Kier molecular flexibility index (Phi) is 5.58. The first kappa shape index (κ1) is 18.8. The summed E-state index contributed by atoms with van der Waals surface area (Å²) in [5.41, 5.74) is 0.483. The fourth-order valence-corrected chi connectivity index (χ4v) is 3.43. The van der Waals surface area contributed by atoms with E-state index in [9.17, 15) is 9.59 Å². The van der Waals surface area contributed by atoms with Gasteiger partial charge in [-0.15, -0.1) is 0 Å². The van der Waals surface area contributed by atoms with Crippen LogP contribution in [0.3, 0.4) is 0 Å². The molecule has 0 aromatic heterocycles. The number of hydrogen-bond acceptors (Lipinski definition) is 5. The second-order valence-electron chi connectivity index (χ2n) is 6.75. The molecule has 1 aromatic carbocycles. The van der Waals surface area contributed by atoms with Crippen LogP contribution in [0, 0.1) is 11.8 Å². The molecule has 0 spiro atoms. The van der Waals surface area contributed by atoms with E-state index in [0.29, 0.717) is 28.6 Å². The third-order valence-corrected chi connectivity index (χ3v) is 5.29. The topological polar surface area (TPSA) is 71.1 Å². The van der Waals surface area contributed by atoms with Crippen molar-refractivity contribution in [3.8, 4) is 11.5 Å². The average molecular weight is 382 g/mol. The number of amides is 2. The number of piperazine rings is 1. The van der Waals surface area contributed by atoms with E-state index in [1.54, 1.807) is 12.1 Å². The first-order chi connectivity index (χ1) is 12.4. The zero-order chi connectivity index (χ0) is 18.8. The van der Waals surface area contributed by atoms with Crippen molar-refractivity contribution in [3.63, 3.8) is 0 Å². The van der Waals surface area contributed by atoms with Gasteiger partial charge < -0.3 is 24.6 Å². The molecule has 26 heavy (non-hydrogen) atoms. The van der Waals surface area contributed by atoms with E-state index in [1.807, 2.05) is 11.9 Å². The number of carbonyl (C=O) groups excluding carboxylic acids is 2. The predicted molar refractivity (Wildman–Crippen MR) is 98.9 cm³/mol. The van der Waals surface area contributed by atoms with E-state index in [0.717, 1.165) is 26.2 Å². The van der Waals surface area contributed by atoms with Gasteiger partial charge in [0.2, 0.25) is 11.8 Å². The number of nitrogens with one attached hydrogen (secondary N) is 1. The highest BCUT2D eigenvalue weighted by molar-refractivity contribution is 6.32. The minimum atomic E-state index is -0.298. The molecule has 1 saturated heterocycles. The summed E-state index contributed by atoms with van der Waals surface area (Å²) in [5.74, 6) is 0.279. The lowest BCUT2D eigenvalue weighted by Gasteiger charge is -2.32. The van der Waals surface area contributed by atoms with E-state index < -0.39 is 0 Å². The summed E-state index contributed by atoms with van der Waals surface area (Å²) in [7, 11) is 5.05. The summed E-state index contributed by atoms with van der Waals surface area (Å²) in [4.78, 5) is 29.2. The van der Waals surface area contributed by atoms with Crippen LogP contribution < -0.4 is 14.8 Å². The first-order valence-corrected chi connectivity index (χ1v) is 9.02. The molecule has 8 heteroatoms. The number of halogens is 1. The van der Waals surface area contributed by atoms with Gasteiger partial charge in [-0.2, -0.15) is 0 Å². The highest BCUT2D eigenvalue weighted by Gasteiger charge is 2.49. The zero-order valence-electron chi connectivity index (χ0n) is 15.3. The summed E-state index contributed by atoms with van der Waals surface area (Å²) in [6, 6.07) is 3.22. The number of likely N-dealkylation sites (N-methyl/N-ethyl adjacent to an activating group) is 1. The molecular weight excluding hydrogens is 358 g/mol. The van der Waals surface area contributed by atoms with E-state index in [4.69, 9.17) is 21.1 Å². The van der Waals surface area contributed by atoms with Gasteiger partial charge in [-0.3, -0.25) is 9.59 Å². The standard InChI is InChI=1S/C18H24ClN3O4/c1-21-4-6-22(7-5-21)18(24)12-8-11(12)17(23)20-14-10-15(25-2)13(19)9-16(14)26-3/h9-12H,4-8H2,1-3H3,(H,20,23). The Hall–Kier alpha value is -1.99. The van der Waals surface area contributed by atoms with Crippen molar-refractivity contribution < 1.29 is 19.1 Å². The van der Waals surface area contributed by atoms with Gasteiger partial charge in [-0.05, 0) is 13.5 Å². The molecule has 1 N–H and O–H groups in total. The van der Waals surface area contributed by atoms with Gasteiger partial charge in [0.05, 0.1) is 36.8 Å². The molecule has 1 aliphatic carbocycles. The minimum absolute atomic E-state index is 0.0823. The summed E-state index contributed by atoms with van der Waals surface area (Å²) in [6.07, 6.45) is 0.587. The maximum Gasteiger partial charge on any atom is 0.228 e. The Bertz CT molecular complexity index is 704. The third kappa shape index (κ3) is 3.88. The van der Waals surface area contributed by atoms with Crippen LogP contribution in [0.2, 0.25) is 5.02 Å². The van der Waals surface area contributed by atoms with Gasteiger partial charge in [0, 0.05) is 38.3 Å². The summed E-state index contributed by atoms with van der Waals surface area (Å²) >= 11 is 6.08. The van der Waals surface area contributed by atoms with E-state index in [2.05, 4.69) is 10.2 Å². The van der Waals surface area contributed by atoms with Gasteiger partial charge in [-0.25, -0.2) is 0 Å². The molecule has 2 aliphatic rings. The first-order valence-electron chi connectivity index (χ1n) is 8.64. The van der Waals surface area contributed by atoms with Crippen LogP contribution in [-0.4, -0.2) is 69.1 Å². The molecule has 2 fully saturated rings. The molecule has 2 amide bonds. The van der Waals surface area contributed by atoms with Gasteiger partial charge >= 0.3 is 0 Å². The van der Waals surface area contributed by atoms with Crippen LogP contribution in [0.1, 0.15) is 6.42 Å². The van der Waals surface area contributed by atoms with Crippen LogP contribution in [0.4, 0.5) is 5.69 Å². The molecular formula is C18H24ClN3O4. The normalized spacial score (nSPS) is 22.7. The maximum absolute atomic E-state index is 12.6. The number of rotatable bonds is 5. The number of anilines is 1. The van der Waals surface area contributed by atoms with Gasteiger partial charge in [0.15, 0.2) is 0 Å². The largest absolute Gasteiger partial charge is 0.495 e. The molecule has 7 nitrogen and oxygen atoms in total. The maximum atomic E-state index is 12.6. The SMILES string of the molecule is COc1cc(NC(=O)C2CC2C(=O)N2CCN(C)CC2)c(OC)cc1Cl. The van der Waals surface area contributed by atoms with E-state index in [-0.39, 0.29) is 23.7 Å². The van der Waals surface area contributed by atoms with Gasteiger partial charge in [-0.1, -0.05) is 11.6 Å². The van der Waals surface area contributed by atoms with Crippen LogP contribution in [-0.2, 0) is 9.59 Å². The minimum Gasteiger partial charge on any atom is -0.495 e. The van der Waals surface area contributed by atoms with Crippen LogP contribution in [0.15, 0.2) is 12.1 Å². The Morgan fingerprint density at radius 1 is 1.08 bits per heavy atom. The monoisotopic (exact) mass is 381 g/mol. The fraction of sp³-hybridized carbons (Fsp3) is 0.556. The molecule has 0 radical (unpaired) electrons. The molecule has 1 aromatic rings. The molecule has 0 bridgehead atoms. The van der Waals surface area contributed by atoms with Gasteiger partial charge in [0.1, 0.15) is 11.5 Å². The summed E-state index contributed by atoms with van der Waals surface area (Å²) in [5, 5.41) is 3.24. The number of hydrogen-bond donors (Lipinski definition) is 1. The fourth-order valence-electron chi connectivity index (χ4n) is 3.20. The molecule has 2 unspecified atom stereocenters. The highest BCUT2D eigenvalue weighted by Crippen LogP contribution is 2.42. The lowest BCUT2D eigenvalue weighted by Crippen LogP contribution is -2.48. The van der Waals surface area contributed by atoms with E-state index >= 15 is 0 Å². The van der Waals surface area contributed by atoms with Crippen LogP contribution in [0.5, 0.6) is 11.5 Å². The van der Waals surface area contributed by atoms with Crippen LogP contribution >= 0.6 is 11.6 Å². The lowest BCUT2D eigenvalue weighted by molar-refractivity contribution is -0.135. The highest BCUT2D eigenvalue weighted by atomic mass is 35.5. The van der Waals surface area contributed by atoms with Crippen molar-refractivity contribution in [1.29, 1.82) is 0 Å². The Balaban J connectivity index is 1.62. The molecule has 1 aliphatic heterocycles. The second kappa shape index (κ2) is 7.72. The molecule has 142 valence electrons.